The third-order valence-corrected chi connectivity index (χ3v) is 6.34. The predicted octanol–water partition coefficient (Wildman–Crippen LogP) is 4.99. The molecule has 3 heterocycles. The summed E-state index contributed by atoms with van der Waals surface area (Å²) < 4.78 is 5.91. The highest BCUT2D eigenvalue weighted by Gasteiger charge is 2.46. The zero-order valence-corrected chi connectivity index (χ0v) is 20.2. The zero-order valence-electron chi connectivity index (χ0n) is 20.2. The van der Waals surface area contributed by atoms with Crippen LogP contribution in [0.1, 0.15) is 33.9 Å². The molecule has 0 spiro atoms. The molecule has 5 rings (SSSR count). The van der Waals surface area contributed by atoms with Crippen molar-refractivity contribution in [2.45, 2.75) is 26.1 Å². The molecule has 0 saturated carbocycles. The first kappa shape index (κ1) is 23.9. The summed E-state index contributed by atoms with van der Waals surface area (Å²) in [6, 6.07) is 21.4. The first-order valence-corrected chi connectivity index (χ1v) is 11.9. The van der Waals surface area contributed by atoms with E-state index in [0.29, 0.717) is 23.5 Å². The maximum Gasteiger partial charge on any atom is 0.295 e. The number of hydrogen-bond donors (Lipinski definition) is 1. The number of rotatable bonds is 7. The molecule has 4 aromatic rings. The van der Waals surface area contributed by atoms with Gasteiger partial charge in [0.1, 0.15) is 18.1 Å². The number of aliphatic hydroxyl groups excluding tert-OH is 1. The molecule has 1 fully saturated rings. The number of likely N-dealkylation sites (tertiary alicyclic amines) is 1. The molecule has 0 aliphatic carbocycles. The lowest BCUT2D eigenvalue weighted by atomic mass is 9.94. The van der Waals surface area contributed by atoms with Gasteiger partial charge in [-0.15, -0.1) is 0 Å². The Morgan fingerprint density at radius 2 is 1.68 bits per heavy atom. The van der Waals surface area contributed by atoms with E-state index >= 15 is 0 Å². The second kappa shape index (κ2) is 10.5. The third-order valence-electron chi connectivity index (χ3n) is 6.34. The van der Waals surface area contributed by atoms with Crippen LogP contribution >= 0.6 is 0 Å². The van der Waals surface area contributed by atoms with Crippen molar-refractivity contribution in [1.82, 2.24) is 14.9 Å². The van der Waals surface area contributed by atoms with E-state index in [9.17, 15) is 14.7 Å². The summed E-state index contributed by atoms with van der Waals surface area (Å²) in [4.78, 5) is 36.1. The number of Topliss-reactive ketones (excluding diaryl/α,β-unsaturated/α-hetero) is 1. The summed E-state index contributed by atoms with van der Waals surface area (Å²) in [5, 5.41) is 11.4. The van der Waals surface area contributed by atoms with Gasteiger partial charge in [0.05, 0.1) is 11.6 Å². The fourth-order valence-electron chi connectivity index (χ4n) is 4.50. The predicted molar refractivity (Wildman–Crippen MR) is 138 cm³/mol. The van der Waals surface area contributed by atoms with Crippen molar-refractivity contribution in [3.05, 3.63) is 131 Å². The third kappa shape index (κ3) is 4.97. The SMILES string of the molecule is Cc1cc(OCc2ccccc2)ccc1/C(O)=C1\C(=O)C(=O)N(Cc2cccnc2)[C@@H]1c1ccncc1. The van der Waals surface area contributed by atoms with Crippen LogP contribution in [-0.2, 0) is 22.7 Å². The Morgan fingerprint density at radius 1 is 0.919 bits per heavy atom. The number of carbonyl (C=O) groups excluding carboxylic acids is 2. The molecule has 7 nitrogen and oxygen atoms in total. The van der Waals surface area contributed by atoms with E-state index in [1.807, 2.05) is 49.4 Å². The monoisotopic (exact) mass is 491 g/mol. The van der Waals surface area contributed by atoms with Crippen LogP contribution in [0.2, 0.25) is 0 Å². The van der Waals surface area contributed by atoms with E-state index in [-0.39, 0.29) is 17.9 Å². The highest BCUT2D eigenvalue weighted by Crippen LogP contribution is 2.40. The molecule has 2 aromatic heterocycles. The van der Waals surface area contributed by atoms with Crippen LogP contribution < -0.4 is 4.74 Å². The van der Waals surface area contributed by atoms with E-state index in [4.69, 9.17) is 4.74 Å². The summed E-state index contributed by atoms with van der Waals surface area (Å²) in [6.07, 6.45) is 6.50. The Hall–Kier alpha value is -4.78. The first-order valence-electron chi connectivity index (χ1n) is 11.9. The zero-order chi connectivity index (χ0) is 25.8. The topological polar surface area (TPSA) is 92.6 Å². The maximum atomic E-state index is 13.3. The molecule has 0 radical (unpaired) electrons. The lowest BCUT2D eigenvalue weighted by Crippen LogP contribution is -2.29. The summed E-state index contributed by atoms with van der Waals surface area (Å²) in [7, 11) is 0. The molecule has 1 amide bonds. The Balaban J connectivity index is 1.51. The van der Waals surface area contributed by atoms with Crippen LogP contribution in [0.3, 0.4) is 0 Å². The summed E-state index contributed by atoms with van der Waals surface area (Å²) in [5.41, 5.74) is 3.72. The van der Waals surface area contributed by atoms with Gasteiger partial charge in [-0.3, -0.25) is 19.6 Å². The van der Waals surface area contributed by atoms with Crippen molar-refractivity contribution in [3.63, 3.8) is 0 Å². The van der Waals surface area contributed by atoms with Gasteiger partial charge in [-0.05, 0) is 65.6 Å². The van der Waals surface area contributed by atoms with Crippen LogP contribution in [0, 0.1) is 6.92 Å². The van der Waals surface area contributed by atoms with Gasteiger partial charge >= 0.3 is 0 Å². The number of pyridine rings is 2. The molecule has 1 aliphatic rings. The normalized spacial score (nSPS) is 16.7. The van der Waals surface area contributed by atoms with E-state index < -0.39 is 17.7 Å². The highest BCUT2D eigenvalue weighted by atomic mass is 16.5. The van der Waals surface area contributed by atoms with Gasteiger partial charge in [-0.1, -0.05) is 36.4 Å². The Bertz CT molecular complexity index is 1450. The second-order valence-electron chi connectivity index (χ2n) is 8.82. The first-order chi connectivity index (χ1) is 18.0. The second-order valence-corrected chi connectivity index (χ2v) is 8.82. The largest absolute Gasteiger partial charge is 0.507 e. The van der Waals surface area contributed by atoms with E-state index in [1.165, 1.54) is 4.90 Å². The molecule has 1 N–H and O–H groups in total. The van der Waals surface area contributed by atoms with Gasteiger partial charge in [-0.25, -0.2) is 0 Å². The minimum atomic E-state index is -0.767. The van der Waals surface area contributed by atoms with Crippen LogP contribution in [0.25, 0.3) is 5.76 Å². The van der Waals surface area contributed by atoms with Crippen LogP contribution in [0.5, 0.6) is 5.75 Å². The van der Waals surface area contributed by atoms with Crippen molar-refractivity contribution >= 4 is 17.4 Å². The maximum absolute atomic E-state index is 13.3. The smallest absolute Gasteiger partial charge is 0.295 e. The number of aryl methyl sites for hydroxylation is 1. The van der Waals surface area contributed by atoms with Crippen LogP contribution in [-0.4, -0.2) is 31.7 Å². The average Bonchev–Trinajstić information content (AvgIpc) is 3.18. The molecular weight excluding hydrogens is 466 g/mol. The molecule has 1 aliphatic heterocycles. The number of amides is 1. The van der Waals surface area contributed by atoms with Crippen molar-refractivity contribution in [3.8, 4) is 5.75 Å². The van der Waals surface area contributed by atoms with E-state index in [0.717, 1.165) is 16.7 Å². The number of ether oxygens (including phenoxy) is 1. The summed E-state index contributed by atoms with van der Waals surface area (Å²) >= 11 is 0. The van der Waals surface area contributed by atoms with E-state index in [2.05, 4.69) is 9.97 Å². The lowest BCUT2D eigenvalue weighted by molar-refractivity contribution is -0.140. The van der Waals surface area contributed by atoms with Crippen molar-refractivity contribution in [1.29, 1.82) is 0 Å². The Kier molecular flexibility index (Phi) is 6.76. The standard InChI is InChI=1S/C30H25N3O4/c1-20-16-24(37-19-21-6-3-2-4-7-21)9-10-25(20)28(34)26-27(23-11-14-31-15-12-23)33(30(36)29(26)35)18-22-8-5-13-32-17-22/h2-17,27,34H,18-19H2,1H3/b28-26+/t27-/m1/s1. The number of aliphatic hydroxyl groups is 1. The van der Waals surface area contributed by atoms with Gasteiger partial charge in [0.2, 0.25) is 0 Å². The van der Waals surface area contributed by atoms with Crippen molar-refractivity contribution in [2.75, 3.05) is 0 Å². The quantitative estimate of drug-likeness (QED) is 0.223. The molecule has 184 valence electrons. The lowest BCUT2D eigenvalue weighted by Gasteiger charge is -2.25. The number of aromatic nitrogens is 2. The van der Waals surface area contributed by atoms with Crippen molar-refractivity contribution < 1.29 is 19.4 Å². The molecule has 0 bridgehead atoms. The number of benzene rings is 2. The molecule has 1 atom stereocenters. The summed E-state index contributed by atoms with van der Waals surface area (Å²) in [6.45, 7) is 2.41. The van der Waals surface area contributed by atoms with Gasteiger partial charge in [0.15, 0.2) is 0 Å². The molecule has 2 aromatic carbocycles. The number of carbonyl (C=O) groups is 2. The highest BCUT2D eigenvalue weighted by molar-refractivity contribution is 6.46. The van der Waals surface area contributed by atoms with E-state index in [1.54, 1.807) is 55.1 Å². The Morgan fingerprint density at radius 3 is 2.38 bits per heavy atom. The van der Waals surface area contributed by atoms with Crippen LogP contribution in [0.15, 0.2) is 103 Å². The molecule has 0 unspecified atom stereocenters. The van der Waals surface area contributed by atoms with Gasteiger partial charge < -0.3 is 14.7 Å². The van der Waals surface area contributed by atoms with Crippen molar-refractivity contribution in [2.24, 2.45) is 0 Å². The summed E-state index contributed by atoms with van der Waals surface area (Å²) in [5.74, 6) is -0.985. The van der Waals surface area contributed by atoms with Gasteiger partial charge in [0.25, 0.3) is 11.7 Å². The molecular formula is C30H25N3O4. The Labute approximate surface area is 214 Å². The minimum Gasteiger partial charge on any atom is -0.507 e. The molecule has 37 heavy (non-hydrogen) atoms. The number of nitrogens with zero attached hydrogens (tertiary/aromatic N) is 3. The minimum absolute atomic E-state index is 0.0427. The van der Waals surface area contributed by atoms with Crippen LogP contribution in [0.4, 0.5) is 0 Å². The molecule has 7 heteroatoms. The average molecular weight is 492 g/mol. The fourth-order valence-corrected chi connectivity index (χ4v) is 4.50. The number of ketones is 1. The fraction of sp³-hybridized carbons (Fsp3) is 0.133. The van der Waals surface area contributed by atoms with Gasteiger partial charge in [-0.2, -0.15) is 0 Å². The molecule has 1 saturated heterocycles. The van der Waals surface area contributed by atoms with Gasteiger partial charge in [0, 0.05) is 36.9 Å². The number of hydrogen-bond acceptors (Lipinski definition) is 6.